The quantitative estimate of drug-likeness (QED) is 0.798. The highest BCUT2D eigenvalue weighted by Gasteiger charge is 2.09. The summed E-state index contributed by atoms with van der Waals surface area (Å²) in [5.41, 5.74) is 1.45. The molecule has 0 aliphatic heterocycles. The molecule has 0 saturated carbocycles. The van der Waals surface area contributed by atoms with E-state index in [0.29, 0.717) is 22.3 Å². The number of hydrogen-bond donors (Lipinski definition) is 0. The molecule has 0 aliphatic rings. The first-order chi connectivity index (χ1) is 8.63. The highest BCUT2D eigenvalue weighted by molar-refractivity contribution is 6.29. The fourth-order valence-corrected chi connectivity index (χ4v) is 1.81. The molecule has 1 aromatic carbocycles. The molecule has 1 heterocycles. The first kappa shape index (κ1) is 12.6. The van der Waals surface area contributed by atoms with Gasteiger partial charge in [0, 0.05) is 7.05 Å². The number of nitrogens with zero attached hydrogens (tertiary/aromatic N) is 2. The predicted octanol–water partition coefficient (Wildman–Crippen LogP) is 2.77. The van der Waals surface area contributed by atoms with Crippen LogP contribution in [0.25, 0.3) is 0 Å². The number of aldehydes is 1. The average Bonchev–Trinajstić information content (AvgIpc) is 2.68. The summed E-state index contributed by atoms with van der Waals surface area (Å²) in [6.07, 6.45) is 2.35. The average molecular weight is 265 g/mol. The number of carbonyl (C=O) groups excluding carboxylic acids is 1. The van der Waals surface area contributed by atoms with E-state index in [2.05, 4.69) is 4.98 Å². The Morgan fingerprint density at radius 1 is 1.50 bits per heavy atom. The van der Waals surface area contributed by atoms with Gasteiger partial charge in [0.2, 0.25) is 0 Å². The highest BCUT2D eigenvalue weighted by atomic mass is 35.5. The minimum Gasteiger partial charge on any atom is -0.485 e. The summed E-state index contributed by atoms with van der Waals surface area (Å²) in [6, 6.07) is 5.44. The van der Waals surface area contributed by atoms with Crippen LogP contribution >= 0.6 is 11.6 Å². The monoisotopic (exact) mass is 264 g/mol. The predicted molar refractivity (Wildman–Crippen MR) is 69.1 cm³/mol. The first-order valence-corrected chi connectivity index (χ1v) is 5.85. The highest BCUT2D eigenvalue weighted by Crippen LogP contribution is 2.23. The zero-order valence-corrected chi connectivity index (χ0v) is 10.9. The van der Waals surface area contributed by atoms with Crippen LogP contribution in [0.3, 0.4) is 0 Å². The first-order valence-electron chi connectivity index (χ1n) is 5.47. The van der Waals surface area contributed by atoms with E-state index in [1.807, 2.05) is 26.1 Å². The summed E-state index contributed by atoms with van der Waals surface area (Å²) in [5, 5.41) is 0.550. The molecule has 0 atom stereocenters. The molecule has 2 rings (SSSR count). The van der Waals surface area contributed by atoms with Gasteiger partial charge < -0.3 is 9.30 Å². The fourth-order valence-electron chi connectivity index (χ4n) is 1.66. The van der Waals surface area contributed by atoms with Crippen molar-refractivity contribution in [3.8, 4) is 5.75 Å². The van der Waals surface area contributed by atoms with Crippen molar-refractivity contribution in [2.45, 2.75) is 13.5 Å². The summed E-state index contributed by atoms with van der Waals surface area (Å²) in [7, 11) is 1.81. The number of rotatable bonds is 4. The lowest BCUT2D eigenvalue weighted by atomic mass is 10.1. The maximum atomic E-state index is 10.9. The molecule has 1 aromatic heterocycles. The molecular formula is C13H13ClN2O2. The van der Waals surface area contributed by atoms with Crippen LogP contribution in [-0.4, -0.2) is 15.8 Å². The number of hydrogen-bond acceptors (Lipinski definition) is 3. The molecule has 0 spiro atoms. The van der Waals surface area contributed by atoms with Gasteiger partial charge in [0.05, 0.1) is 11.8 Å². The standard InChI is InChI=1S/C13H13ClN2O2/c1-9-4-3-5-10(7-17)13(9)18-8-12-15-6-11(14)16(12)2/h3-7H,8H2,1-2H3. The lowest BCUT2D eigenvalue weighted by Crippen LogP contribution is -2.05. The number of imidazole rings is 1. The van der Waals surface area contributed by atoms with Gasteiger partial charge >= 0.3 is 0 Å². The van der Waals surface area contributed by atoms with Gasteiger partial charge in [-0.25, -0.2) is 4.98 Å². The Hall–Kier alpha value is -1.81. The third kappa shape index (κ3) is 2.38. The van der Waals surface area contributed by atoms with Crippen LogP contribution in [0.15, 0.2) is 24.4 Å². The number of aryl methyl sites for hydroxylation is 1. The summed E-state index contributed by atoms with van der Waals surface area (Å²) < 4.78 is 7.40. The molecule has 0 fully saturated rings. The maximum Gasteiger partial charge on any atom is 0.153 e. The molecule has 0 amide bonds. The van der Waals surface area contributed by atoms with Crippen LogP contribution in [0, 0.1) is 6.92 Å². The summed E-state index contributed by atoms with van der Waals surface area (Å²) in [5.74, 6) is 1.30. The normalized spacial score (nSPS) is 10.4. The van der Waals surface area contributed by atoms with Crippen LogP contribution in [0.1, 0.15) is 21.7 Å². The van der Waals surface area contributed by atoms with E-state index in [4.69, 9.17) is 16.3 Å². The summed E-state index contributed by atoms with van der Waals surface area (Å²) in [4.78, 5) is 15.1. The lowest BCUT2D eigenvalue weighted by molar-refractivity contribution is 0.111. The van der Waals surface area contributed by atoms with Gasteiger partial charge in [0.15, 0.2) is 6.29 Å². The molecule has 0 bridgehead atoms. The molecule has 0 aliphatic carbocycles. The van der Waals surface area contributed by atoms with Gasteiger partial charge in [-0.3, -0.25) is 4.79 Å². The molecular weight excluding hydrogens is 252 g/mol. The third-order valence-corrected chi connectivity index (χ3v) is 3.09. The number of aromatic nitrogens is 2. The number of para-hydroxylation sites is 1. The number of carbonyl (C=O) groups is 1. The van der Waals surface area contributed by atoms with Crippen LogP contribution in [0.5, 0.6) is 5.75 Å². The topological polar surface area (TPSA) is 44.1 Å². The molecule has 0 radical (unpaired) electrons. The molecule has 94 valence electrons. The smallest absolute Gasteiger partial charge is 0.153 e. The van der Waals surface area contributed by atoms with E-state index in [9.17, 15) is 4.79 Å². The third-order valence-electron chi connectivity index (χ3n) is 2.74. The van der Waals surface area contributed by atoms with Crippen LogP contribution < -0.4 is 4.74 Å². The van der Waals surface area contributed by atoms with Crippen LogP contribution in [-0.2, 0) is 13.7 Å². The summed E-state index contributed by atoms with van der Waals surface area (Å²) in [6.45, 7) is 2.17. The van der Waals surface area contributed by atoms with E-state index < -0.39 is 0 Å². The molecule has 18 heavy (non-hydrogen) atoms. The molecule has 5 heteroatoms. The van der Waals surface area contributed by atoms with Crippen LogP contribution in [0.2, 0.25) is 5.15 Å². The zero-order valence-electron chi connectivity index (χ0n) is 10.2. The number of benzene rings is 1. The van der Waals surface area contributed by atoms with Crippen LogP contribution in [0.4, 0.5) is 0 Å². The van der Waals surface area contributed by atoms with E-state index in [-0.39, 0.29) is 6.61 Å². The second-order valence-electron chi connectivity index (χ2n) is 3.96. The van der Waals surface area contributed by atoms with Crippen molar-refractivity contribution >= 4 is 17.9 Å². The van der Waals surface area contributed by atoms with E-state index in [1.165, 1.54) is 0 Å². The van der Waals surface area contributed by atoms with Gasteiger partial charge in [0.1, 0.15) is 23.3 Å². The van der Waals surface area contributed by atoms with Crippen molar-refractivity contribution < 1.29 is 9.53 Å². The Balaban J connectivity index is 2.20. The lowest BCUT2D eigenvalue weighted by Gasteiger charge is -2.11. The number of ether oxygens (including phenoxy) is 1. The maximum absolute atomic E-state index is 10.9. The van der Waals surface area contributed by atoms with Crippen molar-refractivity contribution in [1.82, 2.24) is 9.55 Å². The van der Waals surface area contributed by atoms with Crippen molar-refractivity contribution in [2.24, 2.45) is 7.05 Å². The molecule has 0 unspecified atom stereocenters. The Morgan fingerprint density at radius 3 is 2.89 bits per heavy atom. The second-order valence-corrected chi connectivity index (χ2v) is 4.34. The van der Waals surface area contributed by atoms with E-state index >= 15 is 0 Å². The Morgan fingerprint density at radius 2 is 2.28 bits per heavy atom. The molecule has 0 N–H and O–H groups in total. The SMILES string of the molecule is Cc1cccc(C=O)c1OCc1ncc(Cl)n1C. The zero-order chi connectivity index (χ0) is 13.1. The minimum absolute atomic E-state index is 0.273. The molecule has 0 saturated heterocycles. The van der Waals surface area contributed by atoms with Crippen molar-refractivity contribution in [2.75, 3.05) is 0 Å². The summed E-state index contributed by atoms with van der Waals surface area (Å²) >= 11 is 5.89. The van der Waals surface area contributed by atoms with Crippen molar-refractivity contribution in [1.29, 1.82) is 0 Å². The van der Waals surface area contributed by atoms with E-state index in [1.54, 1.807) is 16.8 Å². The van der Waals surface area contributed by atoms with Gasteiger partial charge in [-0.2, -0.15) is 0 Å². The Kier molecular flexibility index (Phi) is 3.67. The Labute approximate surface area is 110 Å². The van der Waals surface area contributed by atoms with E-state index in [0.717, 1.165) is 11.8 Å². The van der Waals surface area contributed by atoms with Gasteiger partial charge in [-0.05, 0) is 18.6 Å². The fraction of sp³-hybridized carbons (Fsp3) is 0.231. The Bertz CT molecular complexity index is 578. The van der Waals surface area contributed by atoms with Gasteiger partial charge in [-0.15, -0.1) is 0 Å². The minimum atomic E-state index is 0.273. The van der Waals surface area contributed by atoms with Gasteiger partial charge in [0.25, 0.3) is 0 Å². The van der Waals surface area contributed by atoms with Crippen molar-refractivity contribution in [3.05, 3.63) is 46.5 Å². The largest absolute Gasteiger partial charge is 0.485 e. The van der Waals surface area contributed by atoms with Crippen molar-refractivity contribution in [3.63, 3.8) is 0 Å². The molecule has 4 nitrogen and oxygen atoms in total. The number of halogens is 1. The van der Waals surface area contributed by atoms with Gasteiger partial charge in [-0.1, -0.05) is 23.7 Å². The second kappa shape index (κ2) is 5.23. The molecule has 2 aromatic rings.